The minimum absolute atomic E-state index is 0.0246. The Morgan fingerprint density at radius 2 is 1.00 bits per heavy atom. The largest absolute Gasteiger partial charge is 0.453 e. The summed E-state index contributed by atoms with van der Waals surface area (Å²) in [5, 5.41) is 11.3. The van der Waals surface area contributed by atoms with Gasteiger partial charge in [-0.3, -0.25) is 19.2 Å². The Kier molecular flexibility index (Phi) is 14.6. The summed E-state index contributed by atoms with van der Waals surface area (Å²) in [4.78, 5) is 81.8. The first-order valence-electron chi connectivity index (χ1n) is 20.6. The van der Waals surface area contributed by atoms with Crippen LogP contribution in [0.2, 0.25) is 0 Å². The number of ether oxygens (including phenoxy) is 2. The number of amides is 6. The van der Waals surface area contributed by atoms with Crippen LogP contribution in [0.25, 0.3) is 0 Å². The second kappa shape index (κ2) is 19.4. The van der Waals surface area contributed by atoms with E-state index in [1.165, 1.54) is 14.2 Å². The number of methoxy groups -OCH3 is 2. The zero-order chi connectivity index (χ0) is 43.8. The molecule has 2 aliphatic heterocycles. The molecule has 3 aromatic rings. The number of carbonyl (C=O) groups excluding carboxylic acids is 6. The van der Waals surface area contributed by atoms with Crippen molar-refractivity contribution in [2.75, 3.05) is 37.9 Å². The average molecular weight is 825 g/mol. The monoisotopic (exact) mass is 824 g/mol. The van der Waals surface area contributed by atoms with E-state index in [1.54, 1.807) is 9.80 Å². The molecule has 0 aromatic heterocycles. The van der Waals surface area contributed by atoms with E-state index in [2.05, 4.69) is 33.4 Å². The van der Waals surface area contributed by atoms with Crippen LogP contribution in [0.3, 0.4) is 0 Å². The number of alkyl carbamates (subject to hydrolysis) is 2. The molecule has 0 saturated carbocycles. The molecule has 3 aromatic carbocycles. The Morgan fingerprint density at radius 3 is 1.40 bits per heavy atom. The summed E-state index contributed by atoms with van der Waals surface area (Å²) < 4.78 is 9.52. The molecule has 5 unspecified atom stereocenters. The fraction of sp³-hybridized carbons (Fsp3) is 0.478. The van der Waals surface area contributed by atoms with E-state index < -0.39 is 47.2 Å². The van der Waals surface area contributed by atoms with Gasteiger partial charge >= 0.3 is 12.2 Å². The molecule has 60 heavy (non-hydrogen) atoms. The molecule has 0 bridgehead atoms. The number of nitrogens with zero attached hydrogens (tertiary/aromatic N) is 2. The Bertz CT molecular complexity index is 1990. The number of hydrogen-bond donors (Lipinski definition) is 4. The lowest BCUT2D eigenvalue weighted by Gasteiger charge is -2.35. The maximum atomic E-state index is 13.7. The third-order valence-corrected chi connectivity index (χ3v) is 11.2. The van der Waals surface area contributed by atoms with Gasteiger partial charge in [-0.25, -0.2) is 9.59 Å². The van der Waals surface area contributed by atoms with Gasteiger partial charge < -0.3 is 40.5 Å². The van der Waals surface area contributed by atoms with Crippen molar-refractivity contribution in [2.24, 2.45) is 10.8 Å². The highest BCUT2D eigenvalue weighted by Gasteiger charge is 2.43. The number of nitrogens with one attached hydrogen (secondary N) is 4. The van der Waals surface area contributed by atoms with E-state index in [0.717, 1.165) is 16.7 Å². The summed E-state index contributed by atoms with van der Waals surface area (Å²) in [5.74, 6) is -1.25. The Balaban J connectivity index is 1.25. The number of carbonyl (C=O) groups is 6. The highest BCUT2D eigenvalue weighted by molar-refractivity contribution is 6.00. The van der Waals surface area contributed by atoms with Crippen LogP contribution in [0.15, 0.2) is 78.9 Å². The van der Waals surface area contributed by atoms with Crippen LogP contribution in [-0.4, -0.2) is 97.1 Å². The molecule has 0 aliphatic carbocycles. The standard InChI is InChI=1S/C46H60N6O8/c1-45(2,3)37(49-43(57)59-7)41(55)51-26-12-16-35(51)39(53)47-32-22-18-29(19-23-32)28-34(30-14-10-9-11-15-30)31-20-24-33(25-21-31)48-40(54)36-17-13-27-52(36)42(56)38(46(4,5)6)50-44(58)60-8/h9-11,14-15,18-25,34-38H,12-13,16-17,26-28H2,1-8H3,(H,47,53)(H,48,54)(H,49,57)(H,50,58). The van der Waals surface area contributed by atoms with Crippen LogP contribution in [-0.2, 0) is 35.1 Å². The van der Waals surface area contributed by atoms with E-state index >= 15 is 0 Å². The van der Waals surface area contributed by atoms with E-state index in [1.807, 2.05) is 108 Å². The SMILES string of the molecule is COC(=O)NC(C(=O)N1CCCC1C(=O)Nc1ccc(CC(c2ccccc2)c2ccc(NC(=O)C3CCCN3C(=O)C(NC(=O)OC)C(C)(C)C)cc2)cc1)C(C)(C)C. The summed E-state index contributed by atoms with van der Waals surface area (Å²) in [6, 6.07) is 22.5. The normalized spacial score (nSPS) is 18.1. The lowest BCUT2D eigenvalue weighted by atomic mass is 9.85. The van der Waals surface area contributed by atoms with Crippen molar-refractivity contribution in [3.63, 3.8) is 0 Å². The van der Waals surface area contributed by atoms with Gasteiger partial charge in [0.2, 0.25) is 23.6 Å². The molecule has 322 valence electrons. The molecule has 5 rings (SSSR count). The smallest absolute Gasteiger partial charge is 0.407 e. The summed E-state index contributed by atoms with van der Waals surface area (Å²) >= 11 is 0. The van der Waals surface area contributed by atoms with Crippen molar-refractivity contribution >= 4 is 47.2 Å². The fourth-order valence-electron chi connectivity index (χ4n) is 7.91. The van der Waals surface area contributed by atoms with Gasteiger partial charge in [-0.2, -0.15) is 0 Å². The Hall–Kier alpha value is -5.92. The second-order valence-corrected chi connectivity index (χ2v) is 17.7. The molecular formula is C46H60N6O8. The molecule has 2 heterocycles. The van der Waals surface area contributed by atoms with Gasteiger partial charge in [-0.1, -0.05) is 96.1 Å². The lowest BCUT2D eigenvalue weighted by molar-refractivity contribution is -0.140. The summed E-state index contributed by atoms with van der Waals surface area (Å²) in [6.45, 7) is 11.9. The summed E-state index contributed by atoms with van der Waals surface area (Å²) in [7, 11) is 2.49. The van der Waals surface area contributed by atoms with Crippen LogP contribution >= 0.6 is 0 Å². The van der Waals surface area contributed by atoms with Crippen LogP contribution < -0.4 is 21.3 Å². The van der Waals surface area contributed by atoms with E-state index in [-0.39, 0.29) is 29.5 Å². The first-order chi connectivity index (χ1) is 28.4. The fourth-order valence-corrected chi connectivity index (χ4v) is 7.91. The van der Waals surface area contributed by atoms with E-state index in [0.29, 0.717) is 56.6 Å². The average Bonchev–Trinajstić information content (AvgIpc) is 3.92. The first kappa shape index (κ1) is 45.2. The van der Waals surface area contributed by atoms with Crippen molar-refractivity contribution in [1.29, 1.82) is 0 Å². The van der Waals surface area contributed by atoms with Crippen molar-refractivity contribution in [3.05, 3.63) is 95.6 Å². The summed E-state index contributed by atoms with van der Waals surface area (Å²) in [6.07, 6.45) is 1.60. The number of likely N-dealkylation sites (tertiary alicyclic amines) is 2. The highest BCUT2D eigenvalue weighted by atomic mass is 16.5. The molecule has 2 saturated heterocycles. The number of rotatable bonds is 12. The topological polar surface area (TPSA) is 175 Å². The molecule has 0 radical (unpaired) electrons. The number of anilines is 2. The third kappa shape index (κ3) is 11.2. The maximum Gasteiger partial charge on any atom is 0.407 e. The van der Waals surface area contributed by atoms with Gasteiger partial charge in [0, 0.05) is 30.4 Å². The molecule has 6 amide bonds. The van der Waals surface area contributed by atoms with Crippen molar-refractivity contribution < 1.29 is 38.2 Å². The van der Waals surface area contributed by atoms with Crippen molar-refractivity contribution in [1.82, 2.24) is 20.4 Å². The zero-order valence-electron chi connectivity index (χ0n) is 36.0. The Labute approximate surface area is 353 Å². The maximum absolute atomic E-state index is 13.7. The Morgan fingerprint density at radius 1 is 0.600 bits per heavy atom. The van der Waals surface area contributed by atoms with Crippen LogP contribution in [0.1, 0.15) is 89.8 Å². The molecule has 0 spiro atoms. The molecule has 14 nitrogen and oxygen atoms in total. The van der Waals surface area contributed by atoms with Crippen LogP contribution in [0, 0.1) is 10.8 Å². The van der Waals surface area contributed by atoms with Crippen LogP contribution in [0.5, 0.6) is 0 Å². The number of benzene rings is 3. The first-order valence-corrected chi connectivity index (χ1v) is 20.6. The molecule has 2 aliphatic rings. The highest BCUT2D eigenvalue weighted by Crippen LogP contribution is 2.32. The van der Waals surface area contributed by atoms with Gasteiger partial charge in [0.05, 0.1) is 14.2 Å². The predicted octanol–water partition coefficient (Wildman–Crippen LogP) is 6.46. The predicted molar refractivity (Wildman–Crippen MR) is 229 cm³/mol. The molecule has 4 N–H and O–H groups in total. The van der Waals surface area contributed by atoms with Gasteiger partial charge in [-0.15, -0.1) is 0 Å². The number of hydrogen-bond acceptors (Lipinski definition) is 8. The third-order valence-electron chi connectivity index (χ3n) is 11.2. The van der Waals surface area contributed by atoms with Gasteiger partial charge in [0.1, 0.15) is 24.2 Å². The molecule has 2 fully saturated rings. The zero-order valence-corrected chi connectivity index (χ0v) is 36.0. The second-order valence-electron chi connectivity index (χ2n) is 17.7. The van der Waals surface area contributed by atoms with Crippen molar-refractivity contribution in [3.8, 4) is 0 Å². The minimum Gasteiger partial charge on any atom is -0.453 e. The van der Waals surface area contributed by atoms with Crippen molar-refractivity contribution in [2.45, 2.75) is 104 Å². The molecular weight excluding hydrogens is 765 g/mol. The quantitative estimate of drug-likeness (QED) is 0.161. The van der Waals surface area contributed by atoms with Gasteiger partial charge in [0.15, 0.2) is 0 Å². The summed E-state index contributed by atoms with van der Waals surface area (Å²) in [5.41, 5.74) is 3.19. The lowest BCUT2D eigenvalue weighted by Crippen LogP contribution is -2.57. The van der Waals surface area contributed by atoms with Gasteiger partial charge in [0.25, 0.3) is 0 Å². The van der Waals surface area contributed by atoms with Gasteiger partial charge in [-0.05, 0) is 83.9 Å². The minimum atomic E-state index is -0.867. The molecule has 5 atom stereocenters. The molecule has 14 heteroatoms. The van der Waals surface area contributed by atoms with Crippen LogP contribution in [0.4, 0.5) is 21.0 Å². The van der Waals surface area contributed by atoms with E-state index in [9.17, 15) is 28.8 Å². The van der Waals surface area contributed by atoms with E-state index in [4.69, 9.17) is 9.47 Å².